The lowest BCUT2D eigenvalue weighted by Gasteiger charge is -1.94. The smallest absolute Gasteiger partial charge is 0.0418 e. The highest BCUT2D eigenvalue weighted by Gasteiger charge is 1.90. The molecular weight excluding hydrogens is 211 g/mol. The molecule has 56 valence electrons. The van der Waals surface area contributed by atoms with Crippen LogP contribution in [0.3, 0.4) is 0 Å². The summed E-state index contributed by atoms with van der Waals surface area (Å²) in [6.45, 7) is 5.58. The van der Waals surface area contributed by atoms with Gasteiger partial charge in [0.25, 0.3) is 0 Å². The average Bonchev–Trinajstić information content (AvgIpc) is 1.89. The normalized spacial score (nSPS) is 13.5. The summed E-state index contributed by atoms with van der Waals surface area (Å²) in [4.78, 5) is 0. The molecular formula is C8H10BrCl. The predicted octanol–water partition coefficient (Wildman–Crippen LogP) is 3.64. The lowest BCUT2D eigenvalue weighted by molar-refractivity contribution is 1.49. The van der Waals surface area contributed by atoms with Gasteiger partial charge in [-0.1, -0.05) is 40.7 Å². The Bertz CT molecular complexity index is 168. The van der Waals surface area contributed by atoms with E-state index < -0.39 is 0 Å². The molecule has 0 bridgehead atoms. The van der Waals surface area contributed by atoms with Crippen LogP contribution in [0.4, 0.5) is 0 Å². The maximum atomic E-state index is 5.48. The molecule has 0 amide bonds. The van der Waals surface area contributed by atoms with Crippen molar-refractivity contribution < 1.29 is 0 Å². The molecule has 0 atom stereocenters. The third kappa shape index (κ3) is 3.91. The standard InChI is InChI=1S/C8H10BrCl/c1-3-4-7(2)8(9)5-6-10/h3-5H,1,6H2,2H3/b7-4-,8-5+. The first-order valence-corrected chi connectivity index (χ1v) is 4.26. The summed E-state index contributed by atoms with van der Waals surface area (Å²) in [5, 5.41) is 0. The number of alkyl halides is 1. The van der Waals surface area contributed by atoms with Gasteiger partial charge in [0.05, 0.1) is 0 Å². The Morgan fingerprint density at radius 1 is 1.70 bits per heavy atom. The van der Waals surface area contributed by atoms with Gasteiger partial charge in [0.15, 0.2) is 0 Å². The van der Waals surface area contributed by atoms with Gasteiger partial charge >= 0.3 is 0 Å². The minimum Gasteiger partial charge on any atom is -0.122 e. The van der Waals surface area contributed by atoms with E-state index in [0.717, 1.165) is 10.1 Å². The van der Waals surface area contributed by atoms with Crippen LogP contribution < -0.4 is 0 Å². The lowest BCUT2D eigenvalue weighted by atomic mass is 10.2. The molecule has 10 heavy (non-hydrogen) atoms. The number of halogens is 2. The third-order valence-corrected chi connectivity index (χ3v) is 2.10. The molecule has 0 N–H and O–H groups in total. The van der Waals surface area contributed by atoms with Gasteiger partial charge in [-0.05, 0) is 12.5 Å². The second kappa shape index (κ2) is 5.75. The Labute approximate surface area is 75.4 Å². The predicted molar refractivity (Wildman–Crippen MR) is 51.7 cm³/mol. The summed E-state index contributed by atoms with van der Waals surface area (Å²) in [5.41, 5.74) is 1.13. The Hall–Kier alpha value is -0.0100. The molecule has 0 saturated heterocycles. The topological polar surface area (TPSA) is 0 Å². The van der Waals surface area contributed by atoms with E-state index >= 15 is 0 Å². The Morgan fingerprint density at radius 3 is 2.70 bits per heavy atom. The van der Waals surface area contributed by atoms with Gasteiger partial charge < -0.3 is 0 Å². The highest BCUT2D eigenvalue weighted by atomic mass is 79.9. The molecule has 0 nitrogen and oxygen atoms in total. The van der Waals surface area contributed by atoms with Crippen LogP contribution >= 0.6 is 27.5 Å². The van der Waals surface area contributed by atoms with E-state index in [0.29, 0.717) is 5.88 Å². The summed E-state index contributed by atoms with van der Waals surface area (Å²) in [7, 11) is 0. The minimum absolute atomic E-state index is 0.531. The first kappa shape index (κ1) is 9.99. The Morgan fingerprint density at radius 2 is 2.30 bits per heavy atom. The molecule has 0 aliphatic rings. The van der Waals surface area contributed by atoms with E-state index in [1.165, 1.54) is 0 Å². The van der Waals surface area contributed by atoms with Gasteiger partial charge in [-0.25, -0.2) is 0 Å². The van der Waals surface area contributed by atoms with Gasteiger partial charge in [-0.15, -0.1) is 11.6 Å². The van der Waals surface area contributed by atoms with Crippen molar-refractivity contribution >= 4 is 27.5 Å². The molecule has 0 heterocycles. The average molecular weight is 222 g/mol. The second-order valence-corrected chi connectivity index (χ2v) is 2.95. The summed E-state index contributed by atoms with van der Waals surface area (Å²) in [6, 6.07) is 0. The summed E-state index contributed by atoms with van der Waals surface area (Å²) in [5.74, 6) is 0.531. The molecule has 0 aromatic carbocycles. The maximum Gasteiger partial charge on any atom is 0.0418 e. The van der Waals surface area contributed by atoms with E-state index in [1.807, 2.05) is 19.1 Å². The van der Waals surface area contributed by atoms with E-state index in [2.05, 4.69) is 22.5 Å². The van der Waals surface area contributed by atoms with E-state index in [4.69, 9.17) is 11.6 Å². The van der Waals surface area contributed by atoms with Gasteiger partial charge in [0.1, 0.15) is 0 Å². The van der Waals surface area contributed by atoms with Crippen LogP contribution in [-0.4, -0.2) is 5.88 Å². The molecule has 0 aliphatic carbocycles. The van der Waals surface area contributed by atoms with Crippen molar-refractivity contribution in [1.82, 2.24) is 0 Å². The van der Waals surface area contributed by atoms with Crippen LogP contribution in [0, 0.1) is 0 Å². The van der Waals surface area contributed by atoms with Crippen molar-refractivity contribution in [1.29, 1.82) is 0 Å². The second-order valence-electron chi connectivity index (χ2n) is 1.79. The molecule has 0 aromatic heterocycles. The number of rotatable bonds is 3. The van der Waals surface area contributed by atoms with Crippen LogP contribution in [0.2, 0.25) is 0 Å². The van der Waals surface area contributed by atoms with Crippen molar-refractivity contribution in [3.8, 4) is 0 Å². The Balaban J connectivity index is 4.19. The van der Waals surface area contributed by atoms with E-state index in [9.17, 15) is 0 Å². The highest BCUT2D eigenvalue weighted by molar-refractivity contribution is 9.12. The SMILES string of the molecule is C=C/C=C(C)\C(Br)=C/CCl. The fourth-order valence-corrected chi connectivity index (χ4v) is 1.12. The molecule has 0 spiro atoms. The molecule has 0 rings (SSSR count). The largest absolute Gasteiger partial charge is 0.122 e. The monoisotopic (exact) mass is 220 g/mol. The molecule has 0 unspecified atom stereocenters. The minimum atomic E-state index is 0.531. The fraction of sp³-hybridized carbons (Fsp3) is 0.250. The molecule has 2 heteroatoms. The maximum absolute atomic E-state index is 5.48. The van der Waals surface area contributed by atoms with Crippen molar-refractivity contribution in [3.63, 3.8) is 0 Å². The zero-order valence-electron chi connectivity index (χ0n) is 5.90. The Kier molecular flexibility index (Phi) is 5.74. The number of allylic oxidation sites excluding steroid dienone is 5. The third-order valence-electron chi connectivity index (χ3n) is 1.00. The zero-order chi connectivity index (χ0) is 7.98. The van der Waals surface area contributed by atoms with Crippen molar-refractivity contribution in [2.24, 2.45) is 0 Å². The van der Waals surface area contributed by atoms with Crippen LogP contribution in [0.5, 0.6) is 0 Å². The van der Waals surface area contributed by atoms with Crippen molar-refractivity contribution in [2.45, 2.75) is 6.92 Å². The fourth-order valence-electron chi connectivity index (χ4n) is 0.485. The first-order valence-electron chi connectivity index (χ1n) is 2.93. The first-order chi connectivity index (χ1) is 4.72. The number of hydrogen-bond acceptors (Lipinski definition) is 0. The summed E-state index contributed by atoms with van der Waals surface area (Å²) in [6.07, 6.45) is 5.57. The van der Waals surface area contributed by atoms with Crippen LogP contribution in [-0.2, 0) is 0 Å². The number of hydrogen-bond donors (Lipinski definition) is 0. The summed E-state index contributed by atoms with van der Waals surface area (Å²) < 4.78 is 1.03. The van der Waals surface area contributed by atoms with Gasteiger partial charge in [-0.3, -0.25) is 0 Å². The molecule has 0 fully saturated rings. The quantitative estimate of drug-likeness (QED) is 0.504. The molecule has 0 saturated carbocycles. The van der Waals surface area contributed by atoms with Crippen molar-refractivity contribution in [2.75, 3.05) is 5.88 Å². The molecule has 0 aromatic rings. The van der Waals surface area contributed by atoms with Crippen LogP contribution in [0.25, 0.3) is 0 Å². The van der Waals surface area contributed by atoms with E-state index in [1.54, 1.807) is 6.08 Å². The molecule has 0 radical (unpaired) electrons. The molecule has 0 aliphatic heterocycles. The van der Waals surface area contributed by atoms with Crippen LogP contribution in [0.15, 0.2) is 34.9 Å². The van der Waals surface area contributed by atoms with Gasteiger partial charge in [0.2, 0.25) is 0 Å². The summed E-state index contributed by atoms with van der Waals surface area (Å²) >= 11 is 8.85. The van der Waals surface area contributed by atoms with Gasteiger partial charge in [-0.2, -0.15) is 0 Å². The van der Waals surface area contributed by atoms with E-state index in [-0.39, 0.29) is 0 Å². The highest BCUT2D eigenvalue weighted by Crippen LogP contribution is 2.16. The van der Waals surface area contributed by atoms with Crippen LogP contribution in [0.1, 0.15) is 6.92 Å². The zero-order valence-corrected chi connectivity index (χ0v) is 8.24. The lowest BCUT2D eigenvalue weighted by Crippen LogP contribution is -1.74. The van der Waals surface area contributed by atoms with Crippen molar-refractivity contribution in [3.05, 3.63) is 34.9 Å². The van der Waals surface area contributed by atoms with Gasteiger partial charge in [0, 0.05) is 10.4 Å².